The van der Waals surface area contributed by atoms with Crippen LogP contribution in [0.1, 0.15) is 62.0 Å². The maximum Gasteiger partial charge on any atom is 0.307 e. The lowest BCUT2D eigenvalue weighted by molar-refractivity contribution is -0.139. The second-order valence-electron chi connectivity index (χ2n) is 10.8. The topological polar surface area (TPSA) is 126 Å². The van der Waals surface area contributed by atoms with Gasteiger partial charge in [-0.25, -0.2) is 15.0 Å². The molecule has 33 heavy (non-hydrogen) atoms. The van der Waals surface area contributed by atoms with Crippen molar-refractivity contribution in [3.8, 4) is 0 Å². The maximum absolute atomic E-state index is 13.3. The number of nitrogen functional groups attached to an aromatic ring is 1. The molecule has 2 bridgehead atoms. The van der Waals surface area contributed by atoms with Crippen LogP contribution in [0.15, 0.2) is 24.7 Å². The molecule has 1 saturated carbocycles. The Morgan fingerprint density at radius 2 is 1.85 bits per heavy atom. The molecule has 3 unspecified atom stereocenters. The van der Waals surface area contributed by atoms with Crippen molar-refractivity contribution in [1.29, 1.82) is 0 Å². The fourth-order valence-electron chi connectivity index (χ4n) is 6.61. The number of nitrogens with two attached hydrogens (primary N) is 1. The van der Waals surface area contributed by atoms with Gasteiger partial charge in [-0.1, -0.05) is 13.8 Å². The average molecular weight is 449 g/mol. The van der Waals surface area contributed by atoms with Gasteiger partial charge < -0.3 is 20.6 Å². The molecule has 9 heteroatoms. The lowest BCUT2D eigenvalue weighted by Crippen LogP contribution is -2.48. The molecule has 6 rings (SSSR count). The zero-order valence-corrected chi connectivity index (χ0v) is 18.9. The Kier molecular flexibility index (Phi) is 4.11. The molecule has 0 radical (unpaired) electrons. The zero-order chi connectivity index (χ0) is 23.1. The standard InChI is InChI=1S/C24H28N6O3/c1-23(2)11-29(21(31)18-19(23)27-12-28-20(18)25)15-5-6-17(26-10-15)30-13-3-4-14(30)8-24(7-13)9-16(24)22(32)33/h5-6,10,12-14,16H,3-4,7-9,11H2,1-2H3,(H,32,33)(H2,25,27,28). The molecule has 1 aliphatic carbocycles. The van der Waals surface area contributed by atoms with Crippen LogP contribution in [0, 0.1) is 11.3 Å². The second-order valence-corrected chi connectivity index (χ2v) is 10.8. The predicted molar refractivity (Wildman–Crippen MR) is 122 cm³/mol. The molecule has 1 amide bonds. The third-order valence-corrected chi connectivity index (χ3v) is 8.23. The van der Waals surface area contributed by atoms with Gasteiger partial charge in [0.25, 0.3) is 5.91 Å². The molecule has 2 aromatic heterocycles. The van der Waals surface area contributed by atoms with Crippen LogP contribution in [-0.4, -0.2) is 50.6 Å². The van der Waals surface area contributed by atoms with Crippen molar-refractivity contribution in [1.82, 2.24) is 15.0 Å². The van der Waals surface area contributed by atoms with E-state index in [2.05, 4.69) is 14.9 Å². The van der Waals surface area contributed by atoms with Crippen LogP contribution in [0.3, 0.4) is 0 Å². The molecule has 3 N–H and O–H groups in total. The first-order valence-corrected chi connectivity index (χ1v) is 11.6. The highest BCUT2D eigenvalue weighted by Crippen LogP contribution is 2.64. The summed E-state index contributed by atoms with van der Waals surface area (Å²) in [6.07, 6.45) is 8.00. The lowest BCUT2D eigenvalue weighted by atomic mass is 9.82. The molecule has 1 spiro atoms. The van der Waals surface area contributed by atoms with Gasteiger partial charge >= 0.3 is 5.97 Å². The number of hydrogen-bond acceptors (Lipinski definition) is 7. The van der Waals surface area contributed by atoms with Gasteiger partial charge in [0.05, 0.1) is 23.5 Å². The smallest absolute Gasteiger partial charge is 0.307 e. The summed E-state index contributed by atoms with van der Waals surface area (Å²) in [6, 6.07) is 4.61. The molecule has 2 aromatic rings. The summed E-state index contributed by atoms with van der Waals surface area (Å²) in [7, 11) is 0. The summed E-state index contributed by atoms with van der Waals surface area (Å²) in [5.74, 6) is 0.0785. The van der Waals surface area contributed by atoms with Crippen molar-refractivity contribution in [2.75, 3.05) is 22.1 Å². The largest absolute Gasteiger partial charge is 0.481 e. The SMILES string of the molecule is CC1(C)CN(c2ccc(N3C4CCC3CC3(C4)CC3C(=O)O)nc2)C(=O)c2c(N)ncnc21. The third kappa shape index (κ3) is 2.94. The monoisotopic (exact) mass is 448 g/mol. The van der Waals surface area contributed by atoms with Gasteiger partial charge in [-0.15, -0.1) is 0 Å². The molecule has 3 atom stereocenters. The zero-order valence-electron chi connectivity index (χ0n) is 18.9. The van der Waals surface area contributed by atoms with E-state index in [0.717, 1.165) is 43.6 Å². The van der Waals surface area contributed by atoms with Crippen molar-refractivity contribution in [3.05, 3.63) is 35.9 Å². The van der Waals surface area contributed by atoms with E-state index in [-0.39, 0.29) is 28.5 Å². The Morgan fingerprint density at radius 3 is 2.45 bits per heavy atom. The number of piperidine rings is 1. The van der Waals surface area contributed by atoms with Crippen LogP contribution >= 0.6 is 0 Å². The quantitative estimate of drug-likeness (QED) is 0.734. The molecule has 5 heterocycles. The Morgan fingerprint density at radius 1 is 1.12 bits per heavy atom. The van der Waals surface area contributed by atoms with Crippen molar-refractivity contribution in [3.63, 3.8) is 0 Å². The van der Waals surface area contributed by atoms with Gasteiger partial charge in [0.2, 0.25) is 0 Å². The Labute approximate surface area is 192 Å². The Hall–Kier alpha value is -3.23. The number of hydrogen-bond donors (Lipinski definition) is 2. The molecule has 4 aliphatic rings. The van der Waals surface area contributed by atoms with E-state index in [0.29, 0.717) is 29.9 Å². The summed E-state index contributed by atoms with van der Waals surface area (Å²) in [4.78, 5) is 42.0. The van der Waals surface area contributed by atoms with E-state index in [1.165, 1.54) is 6.33 Å². The molecule has 172 valence electrons. The number of rotatable bonds is 3. The fourth-order valence-corrected chi connectivity index (χ4v) is 6.61. The van der Waals surface area contributed by atoms with Crippen molar-refractivity contribution >= 4 is 29.2 Å². The normalized spacial score (nSPS) is 31.6. The van der Waals surface area contributed by atoms with E-state index >= 15 is 0 Å². The first-order valence-electron chi connectivity index (χ1n) is 11.6. The van der Waals surface area contributed by atoms with Crippen LogP contribution in [0.2, 0.25) is 0 Å². The van der Waals surface area contributed by atoms with Crippen LogP contribution in [0.5, 0.6) is 0 Å². The van der Waals surface area contributed by atoms with Crippen LogP contribution in [0.25, 0.3) is 0 Å². The van der Waals surface area contributed by atoms with Crippen molar-refractivity contribution < 1.29 is 14.7 Å². The van der Waals surface area contributed by atoms with Gasteiger partial charge in [-0.2, -0.15) is 0 Å². The van der Waals surface area contributed by atoms with E-state index in [1.54, 1.807) is 11.1 Å². The van der Waals surface area contributed by atoms with Crippen LogP contribution in [-0.2, 0) is 10.2 Å². The maximum atomic E-state index is 13.3. The lowest BCUT2D eigenvalue weighted by Gasteiger charge is -2.41. The fraction of sp³-hybridized carbons (Fsp3) is 0.542. The van der Waals surface area contributed by atoms with E-state index in [4.69, 9.17) is 10.7 Å². The second kappa shape index (κ2) is 6.65. The number of anilines is 3. The number of amides is 1. The number of carboxylic acid groups (broad SMARTS) is 1. The molecular weight excluding hydrogens is 420 g/mol. The minimum Gasteiger partial charge on any atom is -0.481 e. The number of pyridine rings is 1. The van der Waals surface area contributed by atoms with E-state index in [1.807, 2.05) is 26.0 Å². The van der Waals surface area contributed by atoms with Crippen molar-refractivity contribution in [2.24, 2.45) is 11.3 Å². The number of fused-ring (bicyclic) bond motifs is 3. The number of aliphatic carboxylic acids is 1. The minimum atomic E-state index is -0.646. The molecule has 9 nitrogen and oxygen atoms in total. The van der Waals surface area contributed by atoms with E-state index in [9.17, 15) is 14.7 Å². The highest BCUT2D eigenvalue weighted by Gasteiger charge is 2.64. The van der Waals surface area contributed by atoms with Gasteiger partial charge in [0, 0.05) is 24.0 Å². The summed E-state index contributed by atoms with van der Waals surface area (Å²) in [6.45, 7) is 4.57. The average Bonchev–Trinajstić information content (AvgIpc) is 3.40. The summed E-state index contributed by atoms with van der Waals surface area (Å²) in [5.41, 5.74) is 7.45. The summed E-state index contributed by atoms with van der Waals surface area (Å²) >= 11 is 0. The van der Waals surface area contributed by atoms with Gasteiger partial charge in [0.15, 0.2) is 0 Å². The Bertz CT molecular complexity index is 1150. The Balaban J connectivity index is 1.26. The van der Waals surface area contributed by atoms with E-state index < -0.39 is 5.97 Å². The molecule has 3 fully saturated rings. The highest BCUT2D eigenvalue weighted by molar-refractivity contribution is 6.11. The molecule has 3 aliphatic heterocycles. The predicted octanol–water partition coefficient (Wildman–Crippen LogP) is 2.61. The van der Waals surface area contributed by atoms with Gasteiger partial charge in [-0.05, 0) is 49.7 Å². The van der Waals surface area contributed by atoms with Crippen molar-refractivity contribution in [2.45, 2.75) is 63.5 Å². The van der Waals surface area contributed by atoms with Gasteiger partial charge in [0.1, 0.15) is 23.5 Å². The van der Waals surface area contributed by atoms with Crippen LogP contribution in [0.4, 0.5) is 17.3 Å². The first-order chi connectivity index (χ1) is 15.7. The minimum absolute atomic E-state index is 0.00466. The number of aromatic nitrogens is 3. The third-order valence-electron chi connectivity index (χ3n) is 8.23. The number of nitrogens with zero attached hydrogens (tertiary/aromatic N) is 5. The number of carboxylic acids is 1. The number of carbonyl (C=O) groups is 2. The van der Waals surface area contributed by atoms with Crippen LogP contribution < -0.4 is 15.5 Å². The van der Waals surface area contributed by atoms with Gasteiger partial charge in [-0.3, -0.25) is 9.59 Å². The summed E-state index contributed by atoms with van der Waals surface area (Å²) < 4.78 is 0. The molecule has 0 aromatic carbocycles. The first kappa shape index (κ1) is 20.4. The number of carbonyl (C=O) groups excluding carboxylic acids is 1. The summed E-state index contributed by atoms with van der Waals surface area (Å²) in [5, 5.41) is 9.46. The highest BCUT2D eigenvalue weighted by atomic mass is 16.4. The molecular formula is C24H28N6O3. The molecule has 2 saturated heterocycles.